The molecule has 1 saturated heterocycles. The topological polar surface area (TPSA) is 32.3 Å². The van der Waals surface area contributed by atoms with Gasteiger partial charge in [0, 0.05) is 44.1 Å². The standard InChI is InChI=1S/C13H18N4S2/c1-11(12-2-7-18-9-12)17-5-3-16(4-6-17)8-13-10-19-15-14-13/h2,7,9-11H,3-6,8H2,1H3/t11-/m0/s1. The highest BCUT2D eigenvalue weighted by atomic mass is 32.1. The Kier molecular flexibility index (Phi) is 4.22. The second-order valence-corrected chi connectivity index (χ2v) is 6.33. The van der Waals surface area contributed by atoms with Gasteiger partial charge in [-0.1, -0.05) is 4.49 Å². The minimum absolute atomic E-state index is 0.536. The molecule has 0 saturated carbocycles. The van der Waals surface area contributed by atoms with Gasteiger partial charge in [-0.25, -0.2) is 0 Å². The minimum atomic E-state index is 0.536. The maximum Gasteiger partial charge on any atom is 0.0895 e. The van der Waals surface area contributed by atoms with E-state index < -0.39 is 0 Å². The fourth-order valence-electron chi connectivity index (χ4n) is 2.51. The van der Waals surface area contributed by atoms with Crippen LogP contribution in [0.1, 0.15) is 24.2 Å². The molecule has 0 radical (unpaired) electrons. The Bertz CT molecular complexity index is 475. The van der Waals surface area contributed by atoms with Gasteiger partial charge in [-0.2, -0.15) is 11.3 Å². The molecular formula is C13H18N4S2. The second-order valence-electron chi connectivity index (χ2n) is 4.94. The molecule has 0 amide bonds. The third kappa shape index (κ3) is 3.20. The molecule has 3 heterocycles. The molecule has 2 aromatic rings. The normalized spacial score (nSPS) is 19.6. The molecule has 0 unspecified atom stereocenters. The van der Waals surface area contributed by atoms with Crippen LogP contribution in [0.25, 0.3) is 0 Å². The smallest absolute Gasteiger partial charge is 0.0895 e. The maximum atomic E-state index is 4.12. The van der Waals surface area contributed by atoms with Crippen LogP contribution < -0.4 is 0 Å². The van der Waals surface area contributed by atoms with E-state index in [2.05, 4.69) is 43.1 Å². The first-order chi connectivity index (χ1) is 9.33. The van der Waals surface area contributed by atoms with Gasteiger partial charge in [0.2, 0.25) is 0 Å². The zero-order valence-corrected chi connectivity index (χ0v) is 12.7. The van der Waals surface area contributed by atoms with Crippen LogP contribution in [0.15, 0.2) is 22.2 Å². The highest BCUT2D eigenvalue weighted by Gasteiger charge is 2.22. The zero-order valence-electron chi connectivity index (χ0n) is 11.0. The van der Waals surface area contributed by atoms with Crippen molar-refractivity contribution >= 4 is 22.9 Å². The summed E-state index contributed by atoms with van der Waals surface area (Å²) in [5.74, 6) is 0. The van der Waals surface area contributed by atoms with E-state index in [4.69, 9.17) is 0 Å². The Hall–Kier alpha value is -0.820. The second kappa shape index (κ2) is 6.09. The average molecular weight is 294 g/mol. The van der Waals surface area contributed by atoms with Crippen LogP contribution in [0.3, 0.4) is 0 Å². The number of thiophene rings is 1. The molecule has 1 aliphatic heterocycles. The van der Waals surface area contributed by atoms with Crippen molar-refractivity contribution in [2.24, 2.45) is 0 Å². The Morgan fingerprint density at radius 1 is 1.26 bits per heavy atom. The van der Waals surface area contributed by atoms with E-state index in [0.717, 1.165) is 38.4 Å². The summed E-state index contributed by atoms with van der Waals surface area (Å²) in [7, 11) is 0. The monoisotopic (exact) mass is 294 g/mol. The van der Waals surface area contributed by atoms with E-state index in [-0.39, 0.29) is 0 Å². The fourth-order valence-corrected chi connectivity index (χ4v) is 3.70. The molecule has 4 nitrogen and oxygen atoms in total. The van der Waals surface area contributed by atoms with Gasteiger partial charge < -0.3 is 0 Å². The highest BCUT2D eigenvalue weighted by molar-refractivity contribution is 7.08. The molecule has 19 heavy (non-hydrogen) atoms. The van der Waals surface area contributed by atoms with Gasteiger partial charge in [-0.3, -0.25) is 9.80 Å². The average Bonchev–Trinajstić information content (AvgIpc) is 3.12. The summed E-state index contributed by atoms with van der Waals surface area (Å²) in [5, 5.41) is 10.6. The van der Waals surface area contributed by atoms with Gasteiger partial charge in [0.15, 0.2) is 0 Å². The molecule has 6 heteroatoms. The Balaban J connectivity index is 1.52. The number of piperazine rings is 1. The summed E-state index contributed by atoms with van der Waals surface area (Å²) in [4.78, 5) is 5.03. The molecule has 1 fully saturated rings. The van der Waals surface area contributed by atoms with Gasteiger partial charge in [0.25, 0.3) is 0 Å². The van der Waals surface area contributed by atoms with E-state index in [1.807, 2.05) is 5.38 Å². The van der Waals surface area contributed by atoms with Gasteiger partial charge in [0.05, 0.1) is 5.69 Å². The SMILES string of the molecule is C[C@@H](c1ccsc1)N1CCN(Cc2csnn2)CC1. The predicted octanol–water partition coefficient (Wildman–Crippen LogP) is 2.48. The van der Waals surface area contributed by atoms with Crippen molar-refractivity contribution in [3.05, 3.63) is 33.5 Å². The number of nitrogens with zero attached hydrogens (tertiary/aromatic N) is 4. The maximum absolute atomic E-state index is 4.12. The number of hydrogen-bond donors (Lipinski definition) is 0. The molecule has 102 valence electrons. The molecule has 1 atom stereocenters. The zero-order chi connectivity index (χ0) is 13.1. The fraction of sp³-hybridized carbons (Fsp3) is 0.538. The molecule has 0 N–H and O–H groups in total. The van der Waals surface area contributed by atoms with E-state index in [0.29, 0.717) is 6.04 Å². The molecule has 1 aliphatic rings. The molecule has 0 spiro atoms. The first-order valence-electron chi connectivity index (χ1n) is 6.57. The summed E-state index contributed by atoms with van der Waals surface area (Å²) in [6.45, 7) is 7.75. The van der Waals surface area contributed by atoms with E-state index in [1.54, 1.807) is 11.3 Å². The minimum Gasteiger partial charge on any atom is -0.295 e. The molecule has 0 aromatic carbocycles. The highest BCUT2D eigenvalue weighted by Crippen LogP contribution is 2.23. The Morgan fingerprint density at radius 3 is 2.74 bits per heavy atom. The Morgan fingerprint density at radius 2 is 2.11 bits per heavy atom. The lowest BCUT2D eigenvalue weighted by Gasteiger charge is -2.37. The van der Waals surface area contributed by atoms with Crippen LogP contribution in [0.5, 0.6) is 0 Å². The molecule has 0 bridgehead atoms. The number of hydrogen-bond acceptors (Lipinski definition) is 6. The van der Waals surface area contributed by atoms with Gasteiger partial charge in [0.1, 0.15) is 0 Å². The largest absolute Gasteiger partial charge is 0.295 e. The van der Waals surface area contributed by atoms with Gasteiger partial charge in [-0.15, -0.1) is 5.10 Å². The molecular weight excluding hydrogens is 276 g/mol. The molecule has 2 aromatic heterocycles. The lowest BCUT2D eigenvalue weighted by molar-refractivity contribution is 0.0972. The summed E-state index contributed by atoms with van der Waals surface area (Å²) >= 11 is 3.22. The van der Waals surface area contributed by atoms with Crippen LogP contribution in [0.4, 0.5) is 0 Å². The van der Waals surface area contributed by atoms with Crippen LogP contribution in [0, 0.1) is 0 Å². The van der Waals surface area contributed by atoms with E-state index in [1.165, 1.54) is 17.1 Å². The van der Waals surface area contributed by atoms with Crippen LogP contribution in [-0.4, -0.2) is 45.6 Å². The number of rotatable bonds is 4. The third-order valence-corrected chi connectivity index (χ3v) is 5.03. The first kappa shape index (κ1) is 13.2. The molecule has 0 aliphatic carbocycles. The van der Waals surface area contributed by atoms with Crippen molar-refractivity contribution in [1.29, 1.82) is 0 Å². The van der Waals surface area contributed by atoms with Crippen molar-refractivity contribution < 1.29 is 0 Å². The summed E-state index contributed by atoms with van der Waals surface area (Å²) in [6, 6.07) is 2.78. The van der Waals surface area contributed by atoms with E-state index >= 15 is 0 Å². The van der Waals surface area contributed by atoms with Crippen molar-refractivity contribution in [2.45, 2.75) is 19.5 Å². The quantitative estimate of drug-likeness (QED) is 0.867. The van der Waals surface area contributed by atoms with Crippen molar-refractivity contribution in [3.8, 4) is 0 Å². The summed E-state index contributed by atoms with van der Waals surface area (Å²) in [5.41, 5.74) is 2.55. The van der Waals surface area contributed by atoms with Crippen molar-refractivity contribution in [2.75, 3.05) is 26.2 Å². The molecule has 3 rings (SSSR count). The van der Waals surface area contributed by atoms with Crippen molar-refractivity contribution in [3.63, 3.8) is 0 Å². The third-order valence-electron chi connectivity index (χ3n) is 3.77. The lowest BCUT2D eigenvalue weighted by Crippen LogP contribution is -2.46. The Labute approximate surface area is 121 Å². The summed E-state index contributed by atoms with van der Waals surface area (Å²) < 4.78 is 3.92. The van der Waals surface area contributed by atoms with Crippen LogP contribution >= 0.6 is 22.9 Å². The van der Waals surface area contributed by atoms with Crippen LogP contribution in [-0.2, 0) is 6.54 Å². The number of aromatic nitrogens is 2. The van der Waals surface area contributed by atoms with Crippen molar-refractivity contribution in [1.82, 2.24) is 19.4 Å². The summed E-state index contributed by atoms with van der Waals surface area (Å²) in [6.07, 6.45) is 0. The van der Waals surface area contributed by atoms with E-state index in [9.17, 15) is 0 Å². The van der Waals surface area contributed by atoms with Crippen LogP contribution in [0.2, 0.25) is 0 Å². The predicted molar refractivity (Wildman–Crippen MR) is 79.5 cm³/mol. The lowest BCUT2D eigenvalue weighted by atomic mass is 10.1. The van der Waals surface area contributed by atoms with Gasteiger partial charge >= 0.3 is 0 Å². The van der Waals surface area contributed by atoms with Gasteiger partial charge in [-0.05, 0) is 40.8 Å². The first-order valence-corrected chi connectivity index (χ1v) is 8.35.